The molecular weight excluding hydrogens is 317 g/mol. The van der Waals surface area contributed by atoms with Gasteiger partial charge in [-0.3, -0.25) is 0 Å². The lowest BCUT2D eigenvalue weighted by Gasteiger charge is -2.17. The molecular formula is C17H17Cl2N3. The number of nitriles is 1. The van der Waals surface area contributed by atoms with Crippen molar-refractivity contribution in [2.24, 2.45) is 0 Å². The summed E-state index contributed by atoms with van der Waals surface area (Å²) in [5.41, 5.74) is 9.79. The van der Waals surface area contributed by atoms with Crippen molar-refractivity contribution in [3.63, 3.8) is 0 Å². The van der Waals surface area contributed by atoms with E-state index in [9.17, 15) is 5.26 Å². The second-order valence-corrected chi connectivity index (χ2v) is 5.77. The number of aryl methyl sites for hydroxylation is 1. The number of benzene rings is 1. The first-order chi connectivity index (χ1) is 10.5. The van der Waals surface area contributed by atoms with Crippen LogP contribution in [0.1, 0.15) is 37.1 Å². The third-order valence-electron chi connectivity index (χ3n) is 3.58. The molecule has 0 aliphatic heterocycles. The average molecular weight is 334 g/mol. The first-order valence-corrected chi connectivity index (χ1v) is 7.96. The zero-order valence-electron chi connectivity index (χ0n) is 12.6. The lowest BCUT2D eigenvalue weighted by molar-refractivity contribution is 0.860. The van der Waals surface area contributed by atoms with Gasteiger partial charge in [0.05, 0.1) is 10.0 Å². The lowest BCUT2D eigenvalue weighted by Crippen LogP contribution is -2.07. The van der Waals surface area contributed by atoms with E-state index in [1.807, 2.05) is 19.1 Å². The van der Waals surface area contributed by atoms with Crippen LogP contribution in [0.4, 0.5) is 5.82 Å². The molecule has 2 aromatic rings. The van der Waals surface area contributed by atoms with E-state index in [1.54, 1.807) is 6.07 Å². The van der Waals surface area contributed by atoms with E-state index in [0.717, 1.165) is 41.6 Å². The van der Waals surface area contributed by atoms with Crippen LogP contribution >= 0.6 is 23.2 Å². The molecule has 0 saturated carbocycles. The molecule has 0 spiro atoms. The number of pyridine rings is 1. The first-order valence-electron chi connectivity index (χ1n) is 7.20. The number of nitrogens with zero attached hydrogens (tertiary/aromatic N) is 2. The minimum Gasteiger partial charge on any atom is -0.383 e. The molecule has 0 radical (unpaired) electrons. The van der Waals surface area contributed by atoms with E-state index in [4.69, 9.17) is 28.9 Å². The Morgan fingerprint density at radius 1 is 1.27 bits per heavy atom. The summed E-state index contributed by atoms with van der Waals surface area (Å²) < 4.78 is 0. The summed E-state index contributed by atoms with van der Waals surface area (Å²) in [5, 5.41) is 10.4. The van der Waals surface area contributed by atoms with Crippen molar-refractivity contribution >= 4 is 29.0 Å². The Balaban J connectivity index is 2.88. The van der Waals surface area contributed by atoms with E-state index in [2.05, 4.69) is 18.0 Å². The largest absolute Gasteiger partial charge is 0.383 e. The van der Waals surface area contributed by atoms with Crippen LogP contribution in [0.5, 0.6) is 0 Å². The highest BCUT2D eigenvalue weighted by atomic mass is 35.5. The number of anilines is 1. The average Bonchev–Trinajstić information content (AvgIpc) is 2.50. The SMILES string of the molecule is CCCc1nc(N)c(C#N)c(-c2cccc(Cl)c2Cl)c1CC. The number of nitrogens with two attached hydrogens (primary N) is 1. The van der Waals surface area contributed by atoms with Crippen molar-refractivity contribution in [3.05, 3.63) is 45.1 Å². The number of aromatic nitrogens is 1. The highest BCUT2D eigenvalue weighted by Crippen LogP contribution is 2.39. The van der Waals surface area contributed by atoms with Gasteiger partial charge in [0.25, 0.3) is 0 Å². The predicted molar refractivity (Wildman–Crippen MR) is 92.2 cm³/mol. The topological polar surface area (TPSA) is 62.7 Å². The van der Waals surface area contributed by atoms with Gasteiger partial charge in [0.1, 0.15) is 17.5 Å². The van der Waals surface area contributed by atoms with Crippen molar-refractivity contribution in [1.82, 2.24) is 4.98 Å². The molecule has 1 aromatic carbocycles. The highest BCUT2D eigenvalue weighted by Gasteiger charge is 2.20. The molecule has 1 aromatic heterocycles. The molecule has 22 heavy (non-hydrogen) atoms. The van der Waals surface area contributed by atoms with Crippen LogP contribution in [0.25, 0.3) is 11.1 Å². The summed E-state index contributed by atoms with van der Waals surface area (Å²) in [5.74, 6) is 0.245. The Hall–Kier alpha value is -1.76. The van der Waals surface area contributed by atoms with Gasteiger partial charge in [-0.25, -0.2) is 4.98 Å². The fourth-order valence-electron chi connectivity index (χ4n) is 2.62. The van der Waals surface area contributed by atoms with Crippen LogP contribution in [0, 0.1) is 11.3 Å². The number of nitrogen functional groups attached to an aromatic ring is 1. The van der Waals surface area contributed by atoms with Gasteiger partial charge >= 0.3 is 0 Å². The smallest absolute Gasteiger partial charge is 0.142 e. The summed E-state index contributed by atoms with van der Waals surface area (Å²) in [6.45, 7) is 4.12. The minimum absolute atomic E-state index is 0.245. The molecule has 0 fully saturated rings. The Morgan fingerprint density at radius 2 is 2.00 bits per heavy atom. The summed E-state index contributed by atoms with van der Waals surface area (Å²) in [4.78, 5) is 4.42. The minimum atomic E-state index is 0.245. The number of halogens is 2. The van der Waals surface area contributed by atoms with Gasteiger partial charge in [0.15, 0.2) is 0 Å². The molecule has 1 heterocycles. The van der Waals surface area contributed by atoms with Crippen molar-refractivity contribution < 1.29 is 0 Å². The maximum Gasteiger partial charge on any atom is 0.142 e. The van der Waals surface area contributed by atoms with Crippen LogP contribution in [-0.2, 0) is 12.8 Å². The molecule has 3 nitrogen and oxygen atoms in total. The molecule has 2 N–H and O–H groups in total. The van der Waals surface area contributed by atoms with Crippen molar-refractivity contribution in [3.8, 4) is 17.2 Å². The molecule has 0 aliphatic rings. The zero-order chi connectivity index (χ0) is 16.3. The predicted octanol–water partition coefficient (Wildman–Crippen LogP) is 5.02. The van der Waals surface area contributed by atoms with Gasteiger partial charge in [0, 0.05) is 16.8 Å². The third kappa shape index (κ3) is 2.90. The number of hydrogen-bond donors (Lipinski definition) is 1. The van der Waals surface area contributed by atoms with E-state index in [-0.39, 0.29) is 5.82 Å². The fourth-order valence-corrected chi connectivity index (χ4v) is 3.02. The zero-order valence-corrected chi connectivity index (χ0v) is 14.1. The van der Waals surface area contributed by atoms with Gasteiger partial charge in [-0.05, 0) is 24.5 Å². The quantitative estimate of drug-likeness (QED) is 0.853. The van der Waals surface area contributed by atoms with Gasteiger partial charge in [-0.15, -0.1) is 0 Å². The molecule has 0 bridgehead atoms. The van der Waals surface area contributed by atoms with Gasteiger partial charge in [0.2, 0.25) is 0 Å². The Morgan fingerprint density at radius 3 is 2.59 bits per heavy atom. The summed E-state index contributed by atoms with van der Waals surface area (Å²) in [6.07, 6.45) is 2.51. The van der Waals surface area contributed by atoms with Crippen LogP contribution in [0.2, 0.25) is 10.0 Å². The lowest BCUT2D eigenvalue weighted by atomic mass is 9.91. The summed E-state index contributed by atoms with van der Waals surface area (Å²) in [6, 6.07) is 7.57. The van der Waals surface area contributed by atoms with Crippen LogP contribution < -0.4 is 5.73 Å². The van der Waals surface area contributed by atoms with E-state index >= 15 is 0 Å². The Bertz CT molecular complexity index is 749. The normalized spacial score (nSPS) is 10.5. The van der Waals surface area contributed by atoms with Gasteiger partial charge in [-0.2, -0.15) is 5.26 Å². The summed E-state index contributed by atoms with van der Waals surface area (Å²) >= 11 is 12.5. The van der Waals surface area contributed by atoms with E-state index in [1.165, 1.54) is 0 Å². The highest BCUT2D eigenvalue weighted by molar-refractivity contribution is 6.43. The fraction of sp³-hybridized carbons (Fsp3) is 0.294. The second kappa shape index (κ2) is 7.00. The van der Waals surface area contributed by atoms with Crippen LogP contribution in [-0.4, -0.2) is 4.98 Å². The summed E-state index contributed by atoms with van der Waals surface area (Å²) in [7, 11) is 0. The first kappa shape index (κ1) is 16.6. The Kier molecular flexibility index (Phi) is 5.28. The molecule has 0 aliphatic carbocycles. The van der Waals surface area contributed by atoms with Gasteiger partial charge in [-0.1, -0.05) is 55.6 Å². The molecule has 5 heteroatoms. The number of rotatable bonds is 4. The van der Waals surface area contributed by atoms with Gasteiger partial charge < -0.3 is 5.73 Å². The van der Waals surface area contributed by atoms with Crippen LogP contribution in [0.3, 0.4) is 0 Å². The maximum absolute atomic E-state index is 9.52. The third-order valence-corrected chi connectivity index (χ3v) is 4.40. The van der Waals surface area contributed by atoms with E-state index < -0.39 is 0 Å². The van der Waals surface area contributed by atoms with Crippen molar-refractivity contribution in [2.45, 2.75) is 33.1 Å². The molecule has 0 amide bonds. The molecule has 0 atom stereocenters. The van der Waals surface area contributed by atoms with Crippen molar-refractivity contribution in [2.75, 3.05) is 5.73 Å². The molecule has 114 valence electrons. The monoisotopic (exact) mass is 333 g/mol. The molecule has 0 unspecified atom stereocenters. The number of hydrogen-bond acceptors (Lipinski definition) is 3. The van der Waals surface area contributed by atoms with Crippen LogP contribution in [0.15, 0.2) is 18.2 Å². The van der Waals surface area contributed by atoms with Crippen molar-refractivity contribution in [1.29, 1.82) is 5.26 Å². The second-order valence-electron chi connectivity index (χ2n) is 4.99. The van der Waals surface area contributed by atoms with E-state index in [0.29, 0.717) is 15.6 Å². The molecule has 0 saturated heterocycles. The Labute approximate surface area is 140 Å². The molecule has 2 rings (SSSR count). The maximum atomic E-state index is 9.52. The standard InChI is InChI=1S/C17H17Cl2N3/c1-3-6-14-10(4-2)15(12(9-20)17(21)22-14)11-7-5-8-13(18)16(11)19/h5,7-8H,3-4,6H2,1-2H3,(H2,21,22).